The topological polar surface area (TPSA) is 0 Å². The lowest BCUT2D eigenvalue weighted by Crippen LogP contribution is -2.20. The fourth-order valence-electron chi connectivity index (χ4n) is 4.18. The van der Waals surface area contributed by atoms with Crippen molar-refractivity contribution in [3.63, 3.8) is 0 Å². The summed E-state index contributed by atoms with van der Waals surface area (Å²) in [7, 11) is 0. The van der Waals surface area contributed by atoms with Gasteiger partial charge in [-0.05, 0) is 42.9 Å². The molecule has 2 aromatic rings. The van der Waals surface area contributed by atoms with Gasteiger partial charge in [-0.15, -0.1) is 0 Å². The minimum Gasteiger partial charge on any atom is -0.204 e. The average molecular weight is 395 g/mol. The number of benzene rings is 2. The first-order valence-corrected chi connectivity index (χ1v) is 11.0. The molecule has 2 aromatic carbocycles. The Hall–Kier alpha value is -2.22. The minimum atomic E-state index is -0.778. The van der Waals surface area contributed by atoms with Crippen molar-refractivity contribution in [1.82, 2.24) is 0 Å². The molecule has 2 heteroatoms. The first kappa shape index (κ1) is 21.5. The molecule has 0 saturated heterocycles. The Morgan fingerprint density at radius 2 is 1.52 bits per heavy atom. The quantitative estimate of drug-likeness (QED) is 0.299. The number of hydrogen-bond donors (Lipinski definition) is 0. The maximum atomic E-state index is 14.2. The summed E-state index contributed by atoms with van der Waals surface area (Å²) in [4.78, 5) is 0. The molecule has 0 unspecified atom stereocenters. The van der Waals surface area contributed by atoms with Gasteiger partial charge in [0.2, 0.25) is 0 Å². The van der Waals surface area contributed by atoms with Gasteiger partial charge in [-0.25, -0.2) is 8.78 Å². The van der Waals surface area contributed by atoms with Crippen LogP contribution in [0.3, 0.4) is 0 Å². The summed E-state index contributed by atoms with van der Waals surface area (Å²) in [5, 5.41) is 0. The van der Waals surface area contributed by atoms with Crippen LogP contribution < -0.4 is 0 Å². The van der Waals surface area contributed by atoms with Crippen LogP contribution in [-0.4, -0.2) is 0 Å². The number of aryl methyl sites for hydroxylation is 2. The highest BCUT2D eigenvalue weighted by atomic mass is 19.2. The third kappa shape index (κ3) is 5.44. The number of allylic oxidation sites excluding steroid dienone is 4. The molecule has 0 N–H and O–H groups in total. The van der Waals surface area contributed by atoms with E-state index in [0.717, 1.165) is 25.7 Å². The van der Waals surface area contributed by atoms with E-state index >= 15 is 0 Å². The summed E-state index contributed by atoms with van der Waals surface area (Å²) in [5.74, 6) is -1.71. The zero-order chi connectivity index (χ0) is 20.7. The Labute approximate surface area is 174 Å². The predicted molar refractivity (Wildman–Crippen MR) is 118 cm³/mol. The summed E-state index contributed by atoms with van der Waals surface area (Å²) in [6.07, 6.45) is 16.4. The Morgan fingerprint density at radius 1 is 0.828 bits per heavy atom. The molecule has 1 aliphatic carbocycles. The fraction of sp³-hybridized carbons (Fsp3) is 0.407. The molecule has 0 heterocycles. The number of halogens is 2. The van der Waals surface area contributed by atoms with Crippen molar-refractivity contribution in [1.29, 1.82) is 0 Å². The average Bonchev–Trinajstić information content (AvgIpc) is 2.76. The predicted octanol–water partition coefficient (Wildman–Crippen LogP) is 7.94. The van der Waals surface area contributed by atoms with Gasteiger partial charge < -0.3 is 0 Å². The molecule has 0 spiro atoms. The second-order valence-corrected chi connectivity index (χ2v) is 8.25. The van der Waals surface area contributed by atoms with Gasteiger partial charge in [0.05, 0.1) is 0 Å². The fourth-order valence-corrected chi connectivity index (χ4v) is 4.18. The summed E-state index contributed by atoms with van der Waals surface area (Å²) in [6.45, 7) is 4.39. The molecule has 0 aliphatic heterocycles. The van der Waals surface area contributed by atoms with Gasteiger partial charge in [0.15, 0.2) is 11.6 Å². The molecule has 1 aliphatic rings. The van der Waals surface area contributed by atoms with E-state index in [2.05, 4.69) is 62.4 Å². The second kappa shape index (κ2) is 10.0. The molecule has 0 amide bonds. The maximum Gasteiger partial charge on any atom is 0.162 e. The summed E-state index contributed by atoms with van der Waals surface area (Å²) >= 11 is 0. The molecule has 29 heavy (non-hydrogen) atoms. The van der Waals surface area contributed by atoms with Gasteiger partial charge in [0, 0.05) is 16.9 Å². The molecule has 154 valence electrons. The van der Waals surface area contributed by atoms with Crippen molar-refractivity contribution in [2.45, 2.75) is 64.7 Å². The Kier molecular flexibility index (Phi) is 7.41. The molecule has 0 radical (unpaired) electrons. The molecular weight excluding hydrogens is 362 g/mol. The van der Waals surface area contributed by atoms with Gasteiger partial charge in [-0.1, -0.05) is 93.8 Å². The molecule has 0 fully saturated rings. The lowest BCUT2D eigenvalue weighted by atomic mass is 9.73. The van der Waals surface area contributed by atoms with Crippen molar-refractivity contribution < 1.29 is 8.78 Å². The summed E-state index contributed by atoms with van der Waals surface area (Å²) in [6, 6.07) is 13.3. The molecule has 0 bridgehead atoms. The highest BCUT2D eigenvalue weighted by molar-refractivity contribution is 5.36. The third-order valence-corrected chi connectivity index (χ3v) is 6.17. The lowest BCUT2D eigenvalue weighted by molar-refractivity contribution is 0.387. The first-order chi connectivity index (χ1) is 14.1. The lowest BCUT2D eigenvalue weighted by Gasteiger charge is -2.32. The van der Waals surface area contributed by atoms with Crippen molar-refractivity contribution in [2.75, 3.05) is 0 Å². The van der Waals surface area contributed by atoms with E-state index in [1.807, 2.05) is 0 Å². The van der Waals surface area contributed by atoms with Crippen LogP contribution in [0.5, 0.6) is 0 Å². The van der Waals surface area contributed by atoms with Crippen LogP contribution in [0.2, 0.25) is 0 Å². The van der Waals surface area contributed by atoms with Gasteiger partial charge in [-0.2, -0.15) is 0 Å². The largest absolute Gasteiger partial charge is 0.204 e. The van der Waals surface area contributed by atoms with Crippen molar-refractivity contribution in [3.8, 4) is 0 Å². The highest BCUT2D eigenvalue weighted by Gasteiger charge is 2.28. The van der Waals surface area contributed by atoms with Crippen LogP contribution in [0.1, 0.15) is 68.6 Å². The van der Waals surface area contributed by atoms with Gasteiger partial charge in [0.1, 0.15) is 0 Å². The van der Waals surface area contributed by atoms with E-state index in [9.17, 15) is 8.78 Å². The van der Waals surface area contributed by atoms with E-state index < -0.39 is 11.6 Å². The van der Waals surface area contributed by atoms with Crippen LogP contribution >= 0.6 is 0 Å². The Morgan fingerprint density at radius 3 is 2.17 bits per heavy atom. The number of unbranched alkanes of at least 4 members (excludes halogenated alkanes) is 2. The van der Waals surface area contributed by atoms with Crippen LogP contribution in [-0.2, 0) is 12.8 Å². The maximum absolute atomic E-state index is 14.2. The monoisotopic (exact) mass is 394 g/mol. The zero-order valence-corrected chi connectivity index (χ0v) is 17.6. The first-order valence-electron chi connectivity index (χ1n) is 11.0. The van der Waals surface area contributed by atoms with E-state index in [-0.39, 0.29) is 11.3 Å². The summed E-state index contributed by atoms with van der Waals surface area (Å²) < 4.78 is 27.8. The number of hydrogen-bond acceptors (Lipinski definition) is 0. The van der Waals surface area contributed by atoms with E-state index in [1.54, 1.807) is 12.1 Å². The normalized spacial score (nSPS) is 20.9. The van der Waals surface area contributed by atoms with Crippen molar-refractivity contribution in [3.05, 3.63) is 95.1 Å². The van der Waals surface area contributed by atoms with Crippen LogP contribution in [0.15, 0.2) is 66.8 Å². The molecule has 0 atom stereocenters. The molecule has 0 nitrogen and oxygen atoms in total. The van der Waals surface area contributed by atoms with Crippen molar-refractivity contribution >= 4 is 0 Å². The summed E-state index contributed by atoms with van der Waals surface area (Å²) in [5.41, 5.74) is 3.13. The van der Waals surface area contributed by atoms with Crippen molar-refractivity contribution in [2.24, 2.45) is 5.41 Å². The van der Waals surface area contributed by atoms with Gasteiger partial charge in [0.25, 0.3) is 0 Å². The van der Waals surface area contributed by atoms with E-state index in [4.69, 9.17) is 0 Å². The molecule has 3 rings (SSSR count). The van der Waals surface area contributed by atoms with Crippen LogP contribution in [0.4, 0.5) is 8.78 Å². The molecule has 0 saturated carbocycles. The van der Waals surface area contributed by atoms with Gasteiger partial charge >= 0.3 is 0 Å². The second-order valence-electron chi connectivity index (χ2n) is 8.25. The number of rotatable bonds is 9. The van der Waals surface area contributed by atoms with E-state index in [0.29, 0.717) is 5.56 Å². The SMILES string of the molecule is CCCCCC1(CCc2ccc(CC)cc2)C=CC(c2cccc(F)c2F)C=C1. The highest BCUT2D eigenvalue weighted by Crippen LogP contribution is 2.40. The van der Waals surface area contributed by atoms with Crippen LogP contribution in [0.25, 0.3) is 0 Å². The van der Waals surface area contributed by atoms with E-state index in [1.165, 1.54) is 36.5 Å². The van der Waals surface area contributed by atoms with Crippen LogP contribution in [0, 0.1) is 17.0 Å². The smallest absolute Gasteiger partial charge is 0.162 e. The Balaban J connectivity index is 1.74. The minimum absolute atomic E-state index is 0.00109. The molecular formula is C27H32F2. The standard InChI is InChI=1S/C27H32F2/c1-3-5-6-17-27(18-14-22-12-10-21(4-2)11-13-22)19-15-23(16-20-27)24-8-7-9-25(28)26(24)29/h7-13,15-16,19-20,23H,3-6,14,17-18H2,1-2H3. The third-order valence-electron chi connectivity index (χ3n) is 6.17. The zero-order valence-electron chi connectivity index (χ0n) is 17.6. The Bertz CT molecular complexity index is 831. The van der Waals surface area contributed by atoms with Gasteiger partial charge in [-0.3, -0.25) is 0 Å². The molecule has 0 aromatic heterocycles.